The predicted octanol–water partition coefficient (Wildman–Crippen LogP) is 4.54. The zero-order valence-electron chi connectivity index (χ0n) is 22.3. The second-order valence-corrected chi connectivity index (χ2v) is 11.3. The second kappa shape index (κ2) is 14.2. The number of carbonyl (C=O) groups excluding carboxylic acids is 2. The number of rotatable bonds is 14. The first kappa shape index (κ1) is 30.4. The average Bonchev–Trinajstić information content (AvgIpc) is 2.86. The van der Waals surface area contributed by atoms with E-state index in [1.54, 1.807) is 39.2 Å². The summed E-state index contributed by atoms with van der Waals surface area (Å²) in [6, 6.07) is 11.7. The van der Waals surface area contributed by atoms with Gasteiger partial charge in [-0.1, -0.05) is 43.1 Å². The summed E-state index contributed by atoms with van der Waals surface area (Å²) >= 11 is 6.21. The van der Waals surface area contributed by atoms with Gasteiger partial charge in [0, 0.05) is 31.1 Å². The van der Waals surface area contributed by atoms with Gasteiger partial charge in [-0.05, 0) is 62.1 Å². The summed E-state index contributed by atoms with van der Waals surface area (Å²) in [5.74, 6) is 0.194. The molecule has 2 aromatic rings. The summed E-state index contributed by atoms with van der Waals surface area (Å²) in [5, 5.41) is 3.36. The van der Waals surface area contributed by atoms with E-state index in [2.05, 4.69) is 5.32 Å². The van der Waals surface area contributed by atoms with E-state index >= 15 is 0 Å². The van der Waals surface area contributed by atoms with Crippen LogP contribution in [0.15, 0.2) is 42.5 Å². The molecule has 0 saturated carbocycles. The number of hydrogen-bond donors (Lipinski definition) is 1. The van der Waals surface area contributed by atoms with Gasteiger partial charge in [0.2, 0.25) is 21.8 Å². The fraction of sp³-hybridized carbons (Fsp3) is 0.481. The van der Waals surface area contributed by atoms with E-state index in [-0.39, 0.29) is 37.7 Å². The van der Waals surface area contributed by atoms with E-state index in [0.29, 0.717) is 28.6 Å². The number of nitrogens with zero attached hydrogens (tertiary/aromatic N) is 2. The Hall–Kier alpha value is -2.78. The zero-order valence-corrected chi connectivity index (χ0v) is 23.9. The summed E-state index contributed by atoms with van der Waals surface area (Å²) < 4.78 is 31.7. The number of benzene rings is 2. The number of methoxy groups -OCH3 is 1. The Labute approximate surface area is 226 Å². The molecule has 1 atom stereocenters. The third-order valence-electron chi connectivity index (χ3n) is 6.14. The molecule has 0 aliphatic carbocycles. The molecule has 1 N–H and O–H groups in total. The highest BCUT2D eigenvalue weighted by atomic mass is 35.5. The van der Waals surface area contributed by atoms with Crippen molar-refractivity contribution in [1.82, 2.24) is 10.2 Å². The molecule has 0 aromatic heterocycles. The summed E-state index contributed by atoms with van der Waals surface area (Å²) in [6.07, 6.45) is 3.28. The Balaban J connectivity index is 2.20. The molecule has 10 heteroatoms. The maximum atomic E-state index is 13.4. The molecule has 0 spiro atoms. The molecular weight excluding hydrogens is 514 g/mol. The molecular formula is C27H38ClN3O5S. The number of anilines is 1. The van der Waals surface area contributed by atoms with Gasteiger partial charge in [0.15, 0.2) is 0 Å². The molecule has 0 aliphatic rings. The lowest BCUT2D eigenvalue weighted by Crippen LogP contribution is -2.48. The van der Waals surface area contributed by atoms with Gasteiger partial charge in [-0.2, -0.15) is 0 Å². The predicted molar refractivity (Wildman–Crippen MR) is 149 cm³/mol. The normalized spacial score (nSPS) is 12.1. The van der Waals surface area contributed by atoms with Crippen molar-refractivity contribution in [2.75, 3.05) is 30.8 Å². The molecule has 2 aromatic carbocycles. The number of nitrogens with one attached hydrogen (secondary N) is 1. The maximum absolute atomic E-state index is 13.4. The molecule has 0 aliphatic heterocycles. The van der Waals surface area contributed by atoms with Crippen molar-refractivity contribution in [3.8, 4) is 5.75 Å². The number of carbonyl (C=O) groups is 2. The van der Waals surface area contributed by atoms with Gasteiger partial charge in [0.25, 0.3) is 0 Å². The highest BCUT2D eigenvalue weighted by Gasteiger charge is 2.27. The third-order valence-corrected chi connectivity index (χ3v) is 7.73. The lowest BCUT2D eigenvalue weighted by molar-refractivity contribution is -0.140. The Kier molecular flexibility index (Phi) is 11.7. The van der Waals surface area contributed by atoms with E-state index in [4.69, 9.17) is 16.3 Å². The van der Waals surface area contributed by atoms with Crippen molar-refractivity contribution in [1.29, 1.82) is 0 Å². The molecule has 8 nitrogen and oxygen atoms in total. The van der Waals surface area contributed by atoms with Crippen LogP contribution < -0.4 is 14.4 Å². The van der Waals surface area contributed by atoms with Gasteiger partial charge in [0.1, 0.15) is 11.8 Å². The van der Waals surface area contributed by atoms with E-state index in [9.17, 15) is 18.0 Å². The quantitative estimate of drug-likeness (QED) is 0.348. The zero-order chi connectivity index (χ0) is 27.6. The van der Waals surface area contributed by atoms with Gasteiger partial charge in [0.05, 0.1) is 19.1 Å². The van der Waals surface area contributed by atoms with E-state index in [1.165, 1.54) is 9.21 Å². The number of hydrogen-bond acceptors (Lipinski definition) is 5. The van der Waals surface area contributed by atoms with Crippen LogP contribution in [-0.2, 0) is 26.2 Å². The summed E-state index contributed by atoms with van der Waals surface area (Å²) in [6.45, 7) is 6.38. The Morgan fingerprint density at radius 3 is 2.49 bits per heavy atom. The van der Waals surface area contributed by atoms with Crippen LogP contribution in [0, 0.1) is 6.92 Å². The van der Waals surface area contributed by atoms with Crippen LogP contribution in [0.4, 0.5) is 5.69 Å². The molecule has 0 fully saturated rings. The van der Waals surface area contributed by atoms with Crippen LogP contribution in [0.25, 0.3) is 0 Å². The van der Waals surface area contributed by atoms with E-state index in [1.807, 2.05) is 31.2 Å². The first-order valence-corrected chi connectivity index (χ1v) is 14.6. The number of ether oxygens (including phenoxy) is 1. The SMILES string of the molecule is CCCCNC(=O)[C@@H](C)N(Cc1cccc(OC)c1)C(=O)CCCN(c1cccc(Cl)c1C)S(C)(=O)=O. The fourth-order valence-electron chi connectivity index (χ4n) is 3.93. The highest BCUT2D eigenvalue weighted by molar-refractivity contribution is 7.92. The minimum Gasteiger partial charge on any atom is -0.497 e. The lowest BCUT2D eigenvalue weighted by Gasteiger charge is -2.30. The first-order valence-electron chi connectivity index (χ1n) is 12.4. The summed E-state index contributed by atoms with van der Waals surface area (Å²) in [7, 11) is -2.03. The maximum Gasteiger partial charge on any atom is 0.242 e. The molecule has 0 saturated heterocycles. The minimum absolute atomic E-state index is 0.0716. The highest BCUT2D eigenvalue weighted by Crippen LogP contribution is 2.28. The van der Waals surface area contributed by atoms with Crippen molar-refractivity contribution < 1.29 is 22.7 Å². The molecule has 0 bridgehead atoms. The second-order valence-electron chi connectivity index (χ2n) is 9.02. The molecule has 0 radical (unpaired) electrons. The molecule has 2 rings (SSSR count). The Morgan fingerprint density at radius 1 is 1.14 bits per heavy atom. The van der Waals surface area contributed by atoms with E-state index < -0.39 is 16.1 Å². The Bertz CT molecular complexity index is 1170. The number of unbranched alkanes of at least 4 members (excludes halogenated alkanes) is 1. The van der Waals surface area contributed by atoms with Crippen molar-refractivity contribution in [3.05, 3.63) is 58.6 Å². The molecule has 0 unspecified atom stereocenters. The average molecular weight is 552 g/mol. The number of halogens is 1. The molecule has 2 amide bonds. The lowest BCUT2D eigenvalue weighted by atomic mass is 10.1. The minimum atomic E-state index is -3.60. The van der Waals surface area contributed by atoms with Crippen molar-refractivity contribution in [2.24, 2.45) is 0 Å². The summed E-state index contributed by atoms with van der Waals surface area (Å²) in [5.41, 5.74) is 1.96. The van der Waals surface area contributed by atoms with Crippen molar-refractivity contribution in [2.45, 2.75) is 59.0 Å². The van der Waals surface area contributed by atoms with E-state index in [0.717, 1.165) is 24.7 Å². The first-order chi connectivity index (χ1) is 17.5. The Morgan fingerprint density at radius 2 is 1.84 bits per heavy atom. The monoisotopic (exact) mass is 551 g/mol. The van der Waals surface area contributed by atoms with Gasteiger partial charge in [-0.15, -0.1) is 0 Å². The topological polar surface area (TPSA) is 96.0 Å². The van der Waals surface area contributed by atoms with Crippen molar-refractivity contribution in [3.63, 3.8) is 0 Å². The van der Waals surface area contributed by atoms with Crippen LogP contribution in [-0.4, -0.2) is 57.6 Å². The molecule has 204 valence electrons. The molecule has 37 heavy (non-hydrogen) atoms. The van der Waals surface area contributed by atoms with Gasteiger partial charge in [-0.25, -0.2) is 8.42 Å². The smallest absolute Gasteiger partial charge is 0.242 e. The number of sulfonamides is 1. The van der Waals surface area contributed by atoms with Crippen LogP contribution in [0.2, 0.25) is 5.02 Å². The van der Waals surface area contributed by atoms with Gasteiger partial charge < -0.3 is 15.0 Å². The van der Waals surface area contributed by atoms with Crippen LogP contribution in [0.1, 0.15) is 50.7 Å². The largest absolute Gasteiger partial charge is 0.497 e. The molecule has 0 heterocycles. The standard InChI is InChI=1S/C27H38ClN3O5S/c1-6-7-16-29-27(33)21(3)30(19-22-11-8-12-23(18-22)36-4)26(32)15-10-17-31(37(5,34)35)25-14-9-13-24(28)20(25)2/h8-9,11-14,18,21H,6-7,10,15-17,19H2,1-5H3,(H,29,33)/t21-/m1/s1. The van der Waals surface area contributed by atoms with Crippen LogP contribution in [0.3, 0.4) is 0 Å². The van der Waals surface area contributed by atoms with Crippen LogP contribution in [0.5, 0.6) is 5.75 Å². The van der Waals surface area contributed by atoms with Gasteiger partial charge >= 0.3 is 0 Å². The third kappa shape index (κ3) is 8.93. The fourth-order valence-corrected chi connectivity index (χ4v) is 5.12. The number of amides is 2. The van der Waals surface area contributed by atoms with Gasteiger partial charge in [-0.3, -0.25) is 13.9 Å². The van der Waals surface area contributed by atoms with Crippen molar-refractivity contribution >= 4 is 39.1 Å². The van der Waals surface area contributed by atoms with Crippen LogP contribution >= 0.6 is 11.6 Å². The summed E-state index contributed by atoms with van der Waals surface area (Å²) in [4.78, 5) is 27.7.